The highest BCUT2D eigenvalue weighted by atomic mass is 14.8. The van der Waals surface area contributed by atoms with Crippen molar-refractivity contribution < 1.29 is 0 Å². The van der Waals surface area contributed by atoms with Gasteiger partial charge < -0.3 is 5.32 Å². The molecule has 0 atom stereocenters. The van der Waals surface area contributed by atoms with Crippen LogP contribution in [0.4, 0.5) is 0 Å². The highest BCUT2D eigenvalue weighted by Gasteiger charge is 1.99. The smallest absolute Gasteiger partial charge is 0.00516 e. The van der Waals surface area contributed by atoms with Gasteiger partial charge in [-0.25, -0.2) is 0 Å². The second-order valence-electron chi connectivity index (χ2n) is 4.96. The van der Waals surface area contributed by atoms with Crippen LogP contribution in [0.3, 0.4) is 0 Å². The van der Waals surface area contributed by atoms with E-state index < -0.39 is 0 Å². The molecule has 0 saturated carbocycles. The largest absolute Gasteiger partial charge is 0.317 e. The van der Waals surface area contributed by atoms with E-state index in [1.54, 1.807) is 0 Å². The summed E-state index contributed by atoms with van der Waals surface area (Å²) in [6.45, 7) is 10.8. The Kier molecular flexibility index (Phi) is 8.90. The molecule has 0 spiro atoms. The molecule has 112 valence electrons. The highest BCUT2D eigenvalue weighted by Crippen LogP contribution is 2.20. The molecule has 0 radical (unpaired) electrons. The van der Waals surface area contributed by atoms with Gasteiger partial charge in [-0.05, 0) is 42.6 Å². The van der Waals surface area contributed by atoms with E-state index in [-0.39, 0.29) is 0 Å². The highest BCUT2D eigenvalue weighted by molar-refractivity contribution is 5.77. The van der Waals surface area contributed by atoms with Gasteiger partial charge in [0.25, 0.3) is 0 Å². The van der Waals surface area contributed by atoms with E-state index in [9.17, 15) is 0 Å². The number of hydrogen-bond donors (Lipinski definition) is 1. The average Bonchev–Trinajstić information content (AvgIpc) is 2.57. The first-order valence-electron chi connectivity index (χ1n) is 7.80. The molecule has 2 rings (SSSR count). The van der Waals surface area contributed by atoms with Gasteiger partial charge in [-0.3, -0.25) is 0 Å². The van der Waals surface area contributed by atoms with Crippen LogP contribution < -0.4 is 5.32 Å². The van der Waals surface area contributed by atoms with Crippen molar-refractivity contribution in [1.29, 1.82) is 0 Å². The van der Waals surface area contributed by atoms with Crippen molar-refractivity contribution in [2.24, 2.45) is 0 Å². The molecule has 2 aromatic rings. The van der Waals surface area contributed by atoms with Gasteiger partial charge in [-0.15, -0.1) is 0 Å². The van der Waals surface area contributed by atoms with Gasteiger partial charge in [0.15, 0.2) is 0 Å². The Bertz CT molecular complexity index is 442. The van der Waals surface area contributed by atoms with E-state index >= 15 is 0 Å². The van der Waals surface area contributed by atoms with E-state index in [1.165, 1.54) is 37.1 Å². The Hall–Kier alpha value is -1.86. The topological polar surface area (TPSA) is 12.0 Å². The van der Waals surface area contributed by atoms with Gasteiger partial charge in [0.1, 0.15) is 0 Å². The van der Waals surface area contributed by atoms with Crippen LogP contribution in [-0.2, 0) is 0 Å². The number of nitrogens with one attached hydrogen (secondary N) is 1. The summed E-state index contributed by atoms with van der Waals surface area (Å²) in [5.41, 5.74) is 3.43. The van der Waals surface area contributed by atoms with Crippen LogP contribution in [0.5, 0.6) is 0 Å². The maximum Gasteiger partial charge on any atom is -0.00516 e. The predicted molar refractivity (Wildman–Crippen MR) is 94.5 cm³/mol. The summed E-state index contributed by atoms with van der Waals surface area (Å²) >= 11 is 0. The van der Waals surface area contributed by atoms with E-state index in [4.69, 9.17) is 0 Å². The van der Waals surface area contributed by atoms with Gasteiger partial charge in [-0.1, -0.05) is 81.1 Å². The fourth-order valence-electron chi connectivity index (χ4n) is 1.92. The molecule has 2 aromatic carbocycles. The van der Waals surface area contributed by atoms with Crippen molar-refractivity contribution in [3.8, 4) is 0 Å². The maximum atomic E-state index is 4.10. The standard InChI is InChI=1S/C14H12.C6H15N/c1-12(13-8-4-2-5-9-13)14-10-6-3-7-11-14;1-3-5-7-6-4-2/h2-11H,1H2;7H,3-6H2,1-2H3. The number of rotatable bonds is 6. The first-order chi connectivity index (χ1) is 10.3. The first kappa shape index (κ1) is 17.2. The molecule has 0 aliphatic carbocycles. The Morgan fingerprint density at radius 1 is 0.762 bits per heavy atom. The third-order valence-corrected chi connectivity index (χ3v) is 3.10. The molecule has 1 N–H and O–H groups in total. The molecular formula is C20H27N. The lowest BCUT2D eigenvalue weighted by molar-refractivity contribution is 0.662. The van der Waals surface area contributed by atoms with Gasteiger partial charge in [0, 0.05) is 0 Å². The van der Waals surface area contributed by atoms with E-state index in [2.05, 4.69) is 50.0 Å². The number of hydrogen-bond acceptors (Lipinski definition) is 1. The third kappa shape index (κ3) is 6.92. The minimum absolute atomic E-state index is 1.08. The molecule has 0 aliphatic heterocycles. The lowest BCUT2D eigenvalue weighted by Gasteiger charge is -2.04. The molecule has 0 fully saturated rings. The molecule has 21 heavy (non-hydrogen) atoms. The van der Waals surface area contributed by atoms with Crippen molar-refractivity contribution in [2.45, 2.75) is 26.7 Å². The Morgan fingerprint density at radius 3 is 1.48 bits per heavy atom. The summed E-state index contributed by atoms with van der Waals surface area (Å²) in [6.07, 6.45) is 2.50. The Labute approximate surface area is 129 Å². The second kappa shape index (κ2) is 10.9. The van der Waals surface area contributed by atoms with Crippen molar-refractivity contribution in [2.75, 3.05) is 13.1 Å². The van der Waals surface area contributed by atoms with Crippen LogP contribution in [0.1, 0.15) is 37.8 Å². The molecule has 0 heterocycles. The lowest BCUT2D eigenvalue weighted by Crippen LogP contribution is -2.14. The fraction of sp³-hybridized carbons (Fsp3) is 0.300. The van der Waals surface area contributed by atoms with Gasteiger partial charge in [0.2, 0.25) is 0 Å². The second-order valence-corrected chi connectivity index (χ2v) is 4.96. The molecule has 0 aromatic heterocycles. The molecule has 0 unspecified atom stereocenters. The lowest BCUT2D eigenvalue weighted by atomic mass is 10.0. The minimum atomic E-state index is 1.08. The summed E-state index contributed by atoms with van der Waals surface area (Å²) in [5.74, 6) is 0. The van der Waals surface area contributed by atoms with Crippen molar-refractivity contribution in [1.82, 2.24) is 5.32 Å². The normalized spacial score (nSPS) is 9.62. The SMILES string of the molecule is C=C(c1ccccc1)c1ccccc1.CCCNCCC. The van der Waals surface area contributed by atoms with Crippen LogP contribution in [0, 0.1) is 0 Å². The Balaban J connectivity index is 0.000000270. The van der Waals surface area contributed by atoms with E-state index in [0.717, 1.165) is 5.57 Å². The molecular weight excluding hydrogens is 254 g/mol. The van der Waals surface area contributed by atoms with Crippen LogP contribution in [0.25, 0.3) is 5.57 Å². The van der Waals surface area contributed by atoms with E-state index in [0.29, 0.717) is 0 Å². The average molecular weight is 281 g/mol. The molecule has 0 aliphatic rings. The van der Waals surface area contributed by atoms with Gasteiger partial charge >= 0.3 is 0 Å². The van der Waals surface area contributed by atoms with E-state index in [1.807, 2.05) is 36.4 Å². The maximum absolute atomic E-state index is 4.10. The zero-order valence-corrected chi connectivity index (χ0v) is 13.3. The summed E-state index contributed by atoms with van der Waals surface area (Å²) in [7, 11) is 0. The molecule has 1 heteroatoms. The zero-order chi connectivity index (χ0) is 15.3. The monoisotopic (exact) mass is 281 g/mol. The quantitative estimate of drug-likeness (QED) is 0.723. The van der Waals surface area contributed by atoms with Crippen LogP contribution in [0.2, 0.25) is 0 Å². The predicted octanol–water partition coefficient (Wildman–Crippen LogP) is 5.14. The van der Waals surface area contributed by atoms with Crippen molar-refractivity contribution in [3.05, 3.63) is 78.4 Å². The van der Waals surface area contributed by atoms with Crippen LogP contribution in [0.15, 0.2) is 67.2 Å². The summed E-state index contributed by atoms with van der Waals surface area (Å²) < 4.78 is 0. The number of benzene rings is 2. The molecule has 0 bridgehead atoms. The third-order valence-electron chi connectivity index (χ3n) is 3.10. The van der Waals surface area contributed by atoms with Crippen molar-refractivity contribution in [3.63, 3.8) is 0 Å². The van der Waals surface area contributed by atoms with Crippen LogP contribution >= 0.6 is 0 Å². The van der Waals surface area contributed by atoms with Crippen molar-refractivity contribution >= 4 is 5.57 Å². The summed E-state index contributed by atoms with van der Waals surface area (Å²) in [5, 5.41) is 3.28. The fourth-order valence-corrected chi connectivity index (χ4v) is 1.92. The van der Waals surface area contributed by atoms with Crippen LogP contribution in [-0.4, -0.2) is 13.1 Å². The summed E-state index contributed by atoms with van der Waals surface area (Å²) in [4.78, 5) is 0. The molecule has 0 saturated heterocycles. The minimum Gasteiger partial charge on any atom is -0.317 e. The summed E-state index contributed by atoms with van der Waals surface area (Å²) in [6, 6.07) is 20.5. The molecule has 1 nitrogen and oxygen atoms in total. The Morgan fingerprint density at radius 2 is 1.14 bits per heavy atom. The van der Waals surface area contributed by atoms with Gasteiger partial charge in [0.05, 0.1) is 0 Å². The van der Waals surface area contributed by atoms with Gasteiger partial charge in [-0.2, -0.15) is 0 Å². The molecule has 0 amide bonds. The zero-order valence-electron chi connectivity index (χ0n) is 13.3. The first-order valence-corrected chi connectivity index (χ1v) is 7.80.